The molecular weight excluding hydrogens is 372 g/mol. The predicted molar refractivity (Wildman–Crippen MR) is 107 cm³/mol. The summed E-state index contributed by atoms with van der Waals surface area (Å²) in [6.45, 7) is 1.42. The van der Waals surface area contributed by atoms with E-state index in [1.165, 1.54) is 6.92 Å². The third-order valence-electron chi connectivity index (χ3n) is 4.90. The average Bonchev–Trinajstić information content (AvgIpc) is 3.21. The SMILES string of the molecule is C[C@@H](OC(=O)c1ccc(-c2ccc(O)cc2)cc1)C(=O)NC(=O)NC1CCCC1. The number of carbonyl (C=O) groups excluding carboxylic acids is 3. The molecule has 1 aliphatic carbocycles. The standard InChI is InChI=1S/C22H24N2O5/c1-14(20(26)24-22(28)23-18-4-2-3-5-18)29-21(27)17-8-6-15(7-9-17)16-10-12-19(25)13-11-16/h6-14,18,25H,2-5H2,1H3,(H2,23,24,26,28)/t14-/m1/s1. The number of imide groups is 1. The minimum Gasteiger partial charge on any atom is -0.508 e. The van der Waals surface area contributed by atoms with Crippen LogP contribution < -0.4 is 10.6 Å². The fraction of sp³-hybridized carbons (Fsp3) is 0.318. The highest BCUT2D eigenvalue weighted by molar-refractivity contribution is 5.98. The summed E-state index contributed by atoms with van der Waals surface area (Å²) in [6, 6.07) is 12.9. The van der Waals surface area contributed by atoms with Crippen molar-refractivity contribution in [3.05, 3.63) is 54.1 Å². The van der Waals surface area contributed by atoms with Crippen molar-refractivity contribution in [2.75, 3.05) is 0 Å². The van der Waals surface area contributed by atoms with Crippen LogP contribution in [0.2, 0.25) is 0 Å². The number of esters is 1. The van der Waals surface area contributed by atoms with Crippen LogP contribution in [0.15, 0.2) is 48.5 Å². The summed E-state index contributed by atoms with van der Waals surface area (Å²) in [5, 5.41) is 14.3. The lowest BCUT2D eigenvalue weighted by Gasteiger charge is -2.15. The van der Waals surface area contributed by atoms with Gasteiger partial charge in [0, 0.05) is 6.04 Å². The van der Waals surface area contributed by atoms with Crippen molar-refractivity contribution in [2.24, 2.45) is 0 Å². The number of rotatable bonds is 5. The minimum absolute atomic E-state index is 0.0905. The fourth-order valence-corrected chi connectivity index (χ4v) is 3.24. The van der Waals surface area contributed by atoms with Gasteiger partial charge in [0.25, 0.3) is 5.91 Å². The lowest BCUT2D eigenvalue weighted by Crippen LogP contribution is -2.47. The van der Waals surface area contributed by atoms with Crippen LogP contribution in [0.3, 0.4) is 0 Å². The Labute approximate surface area is 169 Å². The van der Waals surface area contributed by atoms with Crippen molar-refractivity contribution in [2.45, 2.75) is 44.8 Å². The Morgan fingerprint density at radius 2 is 1.52 bits per heavy atom. The van der Waals surface area contributed by atoms with Crippen molar-refractivity contribution in [3.63, 3.8) is 0 Å². The molecule has 3 rings (SSSR count). The summed E-state index contributed by atoms with van der Waals surface area (Å²) < 4.78 is 5.17. The van der Waals surface area contributed by atoms with E-state index in [0.29, 0.717) is 5.56 Å². The third-order valence-corrected chi connectivity index (χ3v) is 4.90. The molecule has 0 aromatic heterocycles. The van der Waals surface area contributed by atoms with Gasteiger partial charge in [0.2, 0.25) is 0 Å². The minimum atomic E-state index is -1.10. The highest BCUT2D eigenvalue weighted by Crippen LogP contribution is 2.22. The number of urea groups is 1. The van der Waals surface area contributed by atoms with Crippen LogP contribution in [0, 0.1) is 0 Å². The van der Waals surface area contributed by atoms with Gasteiger partial charge in [-0.25, -0.2) is 9.59 Å². The Morgan fingerprint density at radius 3 is 2.10 bits per heavy atom. The Kier molecular flexibility index (Phi) is 6.49. The molecule has 2 aromatic carbocycles. The van der Waals surface area contributed by atoms with Crippen LogP contribution in [0.4, 0.5) is 4.79 Å². The van der Waals surface area contributed by atoms with Gasteiger partial charge < -0.3 is 15.2 Å². The first-order valence-corrected chi connectivity index (χ1v) is 9.64. The van der Waals surface area contributed by atoms with Crippen LogP contribution >= 0.6 is 0 Å². The van der Waals surface area contributed by atoms with E-state index in [9.17, 15) is 19.5 Å². The number of hydrogen-bond acceptors (Lipinski definition) is 5. The maximum atomic E-state index is 12.3. The van der Waals surface area contributed by atoms with Crippen LogP contribution in [-0.2, 0) is 9.53 Å². The van der Waals surface area contributed by atoms with Crippen LogP contribution in [0.5, 0.6) is 5.75 Å². The molecule has 0 bridgehead atoms. The summed E-state index contributed by atoms with van der Waals surface area (Å²) in [5.74, 6) is -1.14. The first-order chi connectivity index (χ1) is 13.9. The molecule has 29 heavy (non-hydrogen) atoms. The van der Waals surface area contributed by atoms with E-state index in [1.54, 1.807) is 48.5 Å². The number of phenols is 1. The molecule has 0 unspecified atom stereocenters. The summed E-state index contributed by atoms with van der Waals surface area (Å²) in [4.78, 5) is 36.2. The number of carbonyl (C=O) groups is 3. The smallest absolute Gasteiger partial charge is 0.338 e. The first-order valence-electron chi connectivity index (χ1n) is 9.64. The Morgan fingerprint density at radius 1 is 0.966 bits per heavy atom. The van der Waals surface area contributed by atoms with Gasteiger partial charge in [-0.05, 0) is 55.2 Å². The number of hydrogen-bond donors (Lipinski definition) is 3. The molecule has 1 saturated carbocycles. The van der Waals surface area contributed by atoms with Crippen LogP contribution in [0.25, 0.3) is 11.1 Å². The number of ether oxygens (including phenoxy) is 1. The summed E-state index contributed by atoms with van der Waals surface area (Å²) in [7, 11) is 0. The van der Waals surface area contributed by atoms with Gasteiger partial charge in [-0.3, -0.25) is 10.1 Å². The quantitative estimate of drug-likeness (QED) is 0.672. The number of phenolic OH excluding ortho intramolecular Hbond substituents is 1. The molecule has 0 aliphatic heterocycles. The number of amides is 3. The largest absolute Gasteiger partial charge is 0.508 e. The molecule has 0 heterocycles. The zero-order chi connectivity index (χ0) is 20.8. The molecule has 0 radical (unpaired) electrons. The van der Waals surface area contributed by atoms with Gasteiger partial charge in [0.1, 0.15) is 5.75 Å². The molecule has 2 aromatic rings. The monoisotopic (exact) mass is 396 g/mol. The Bertz CT molecular complexity index is 871. The predicted octanol–water partition coefficient (Wildman–Crippen LogP) is 3.37. The summed E-state index contributed by atoms with van der Waals surface area (Å²) in [6.07, 6.45) is 2.85. The third kappa shape index (κ3) is 5.57. The molecule has 3 N–H and O–H groups in total. The molecule has 0 spiro atoms. The number of aromatic hydroxyl groups is 1. The van der Waals surface area contributed by atoms with E-state index in [1.807, 2.05) is 0 Å². The normalized spacial score (nSPS) is 14.8. The number of nitrogens with one attached hydrogen (secondary N) is 2. The fourth-order valence-electron chi connectivity index (χ4n) is 3.24. The molecular formula is C22H24N2O5. The second kappa shape index (κ2) is 9.23. The van der Waals surface area contributed by atoms with Crippen molar-refractivity contribution in [1.29, 1.82) is 0 Å². The van der Waals surface area contributed by atoms with Crippen molar-refractivity contribution in [3.8, 4) is 16.9 Å². The lowest BCUT2D eigenvalue weighted by atomic mass is 10.0. The van der Waals surface area contributed by atoms with Gasteiger partial charge in [-0.15, -0.1) is 0 Å². The summed E-state index contributed by atoms with van der Waals surface area (Å²) in [5.41, 5.74) is 2.06. The zero-order valence-electron chi connectivity index (χ0n) is 16.2. The maximum absolute atomic E-state index is 12.3. The maximum Gasteiger partial charge on any atom is 0.338 e. The van der Waals surface area contributed by atoms with E-state index >= 15 is 0 Å². The Balaban J connectivity index is 1.52. The highest BCUT2D eigenvalue weighted by atomic mass is 16.5. The lowest BCUT2D eigenvalue weighted by molar-refractivity contribution is -0.127. The van der Waals surface area contributed by atoms with Gasteiger partial charge in [0.05, 0.1) is 5.56 Å². The molecule has 152 valence electrons. The van der Waals surface area contributed by atoms with E-state index in [-0.39, 0.29) is 11.8 Å². The van der Waals surface area contributed by atoms with Crippen molar-refractivity contribution in [1.82, 2.24) is 10.6 Å². The zero-order valence-corrected chi connectivity index (χ0v) is 16.2. The second-order valence-electron chi connectivity index (χ2n) is 7.12. The van der Waals surface area contributed by atoms with Gasteiger partial charge in [-0.1, -0.05) is 37.1 Å². The van der Waals surface area contributed by atoms with Gasteiger partial charge >= 0.3 is 12.0 Å². The molecule has 7 nitrogen and oxygen atoms in total. The van der Waals surface area contributed by atoms with Crippen LogP contribution in [0.1, 0.15) is 43.0 Å². The molecule has 7 heteroatoms. The highest BCUT2D eigenvalue weighted by Gasteiger charge is 2.23. The van der Waals surface area contributed by atoms with E-state index in [2.05, 4.69) is 10.6 Å². The molecule has 1 fully saturated rings. The first kappa shape index (κ1) is 20.4. The topological polar surface area (TPSA) is 105 Å². The molecule has 1 atom stereocenters. The summed E-state index contributed by atoms with van der Waals surface area (Å²) >= 11 is 0. The Hall–Kier alpha value is -3.35. The molecule has 1 aliphatic rings. The van der Waals surface area contributed by atoms with Crippen molar-refractivity contribution >= 4 is 17.9 Å². The number of benzene rings is 2. The van der Waals surface area contributed by atoms with Gasteiger partial charge in [0.15, 0.2) is 6.10 Å². The van der Waals surface area contributed by atoms with E-state index in [0.717, 1.165) is 36.8 Å². The second-order valence-corrected chi connectivity index (χ2v) is 7.12. The van der Waals surface area contributed by atoms with E-state index < -0.39 is 24.0 Å². The van der Waals surface area contributed by atoms with Gasteiger partial charge in [-0.2, -0.15) is 0 Å². The van der Waals surface area contributed by atoms with Crippen LogP contribution in [-0.4, -0.2) is 35.2 Å². The average molecular weight is 396 g/mol. The van der Waals surface area contributed by atoms with E-state index in [4.69, 9.17) is 4.74 Å². The molecule has 0 saturated heterocycles. The molecule has 3 amide bonds. The van der Waals surface area contributed by atoms with Crippen molar-refractivity contribution < 1.29 is 24.2 Å².